The maximum absolute atomic E-state index is 12.8. The van der Waals surface area contributed by atoms with Crippen molar-refractivity contribution in [3.8, 4) is 0 Å². The Morgan fingerprint density at radius 2 is 1.93 bits per heavy atom. The van der Waals surface area contributed by atoms with E-state index in [1.165, 1.54) is 10.9 Å². The molecule has 4 heteroatoms. The molecule has 4 nitrogen and oxygen atoms in total. The minimum atomic E-state index is 0.115. The summed E-state index contributed by atoms with van der Waals surface area (Å²) in [5.74, 6) is 0.903. The van der Waals surface area contributed by atoms with Crippen molar-refractivity contribution in [3.63, 3.8) is 0 Å². The lowest BCUT2D eigenvalue weighted by Gasteiger charge is -2.37. The van der Waals surface area contributed by atoms with Gasteiger partial charge in [0.15, 0.2) is 0 Å². The molecule has 0 radical (unpaired) electrons. The SMILES string of the molecule is C=CC1CN(C(=O)c2ccccc2)CCC1CC1OC1c1ccnc2ccccc12. The first-order valence-corrected chi connectivity index (χ1v) is 10.7. The van der Waals surface area contributed by atoms with E-state index in [0.29, 0.717) is 11.8 Å². The van der Waals surface area contributed by atoms with Gasteiger partial charge in [0.25, 0.3) is 5.91 Å². The van der Waals surface area contributed by atoms with Gasteiger partial charge in [0.05, 0.1) is 11.6 Å². The number of amides is 1. The molecule has 1 aromatic heterocycles. The zero-order chi connectivity index (χ0) is 20.5. The van der Waals surface area contributed by atoms with Gasteiger partial charge in [-0.3, -0.25) is 9.78 Å². The summed E-state index contributed by atoms with van der Waals surface area (Å²) in [6.45, 7) is 5.58. The van der Waals surface area contributed by atoms with Gasteiger partial charge in [-0.05, 0) is 54.5 Å². The van der Waals surface area contributed by atoms with Gasteiger partial charge in [0.1, 0.15) is 6.10 Å². The molecule has 1 amide bonds. The molecule has 2 aliphatic heterocycles. The standard InChI is InChI=1S/C26H26N2O2/c1-2-18-17-28(26(29)19-8-4-3-5-9-19)15-13-20(18)16-24-25(30-24)22-12-14-27-23-11-7-6-10-21(22)23/h2-12,14,18,20,24-25H,1,13,15-17H2. The fourth-order valence-electron chi connectivity index (χ4n) is 4.80. The number of nitrogens with zero attached hydrogens (tertiary/aromatic N) is 2. The van der Waals surface area contributed by atoms with E-state index in [0.717, 1.165) is 37.0 Å². The second-order valence-electron chi connectivity index (χ2n) is 8.31. The van der Waals surface area contributed by atoms with Crippen molar-refractivity contribution in [3.05, 3.63) is 90.6 Å². The van der Waals surface area contributed by atoms with Crippen LogP contribution in [0.5, 0.6) is 0 Å². The van der Waals surface area contributed by atoms with Crippen LogP contribution in [0.2, 0.25) is 0 Å². The summed E-state index contributed by atoms with van der Waals surface area (Å²) < 4.78 is 6.11. The molecule has 0 spiro atoms. The van der Waals surface area contributed by atoms with E-state index in [9.17, 15) is 4.79 Å². The van der Waals surface area contributed by atoms with Crippen LogP contribution in [0.1, 0.15) is 34.9 Å². The number of ether oxygens (including phenoxy) is 1. The van der Waals surface area contributed by atoms with Crippen LogP contribution in [0.15, 0.2) is 79.5 Å². The molecule has 2 fully saturated rings. The normalized spacial score (nSPS) is 25.8. The number of fused-ring (bicyclic) bond motifs is 1. The number of hydrogen-bond donors (Lipinski definition) is 0. The lowest BCUT2D eigenvalue weighted by Crippen LogP contribution is -2.43. The van der Waals surface area contributed by atoms with Gasteiger partial charge in [-0.15, -0.1) is 6.58 Å². The summed E-state index contributed by atoms with van der Waals surface area (Å²) in [7, 11) is 0. The zero-order valence-corrected chi connectivity index (χ0v) is 17.0. The second kappa shape index (κ2) is 8.04. The molecule has 3 heterocycles. The molecular weight excluding hydrogens is 372 g/mol. The first-order valence-electron chi connectivity index (χ1n) is 10.7. The summed E-state index contributed by atoms with van der Waals surface area (Å²) in [4.78, 5) is 19.3. The van der Waals surface area contributed by atoms with Crippen molar-refractivity contribution in [2.45, 2.75) is 25.0 Å². The van der Waals surface area contributed by atoms with E-state index in [2.05, 4.69) is 29.8 Å². The van der Waals surface area contributed by atoms with Crippen LogP contribution in [-0.4, -0.2) is 35.0 Å². The lowest BCUT2D eigenvalue weighted by molar-refractivity contribution is 0.0626. The molecule has 2 saturated heterocycles. The predicted molar refractivity (Wildman–Crippen MR) is 118 cm³/mol. The number of carbonyl (C=O) groups is 1. The van der Waals surface area contributed by atoms with E-state index >= 15 is 0 Å². The third kappa shape index (κ3) is 3.63. The molecule has 30 heavy (non-hydrogen) atoms. The number of rotatable bonds is 5. The lowest BCUT2D eigenvalue weighted by atomic mass is 9.81. The molecule has 0 aliphatic carbocycles. The Kier molecular flexibility index (Phi) is 5.09. The molecule has 3 aromatic rings. The molecule has 4 atom stereocenters. The fraction of sp³-hybridized carbons (Fsp3) is 0.308. The Morgan fingerprint density at radius 1 is 1.13 bits per heavy atom. The summed E-state index contributed by atoms with van der Waals surface area (Å²) in [5, 5.41) is 1.18. The van der Waals surface area contributed by atoms with Crippen LogP contribution >= 0.6 is 0 Å². The van der Waals surface area contributed by atoms with E-state index in [4.69, 9.17) is 4.74 Å². The summed E-state index contributed by atoms with van der Waals surface area (Å²) in [5.41, 5.74) is 3.01. The smallest absolute Gasteiger partial charge is 0.253 e. The number of aromatic nitrogens is 1. The van der Waals surface area contributed by atoms with Crippen LogP contribution in [-0.2, 0) is 4.74 Å². The monoisotopic (exact) mass is 398 g/mol. The van der Waals surface area contributed by atoms with E-state index in [-0.39, 0.29) is 18.1 Å². The zero-order valence-electron chi connectivity index (χ0n) is 17.0. The number of hydrogen-bond acceptors (Lipinski definition) is 3. The number of pyridine rings is 1. The van der Waals surface area contributed by atoms with Crippen molar-refractivity contribution in [2.24, 2.45) is 11.8 Å². The molecule has 0 bridgehead atoms. The van der Waals surface area contributed by atoms with Crippen molar-refractivity contribution in [2.75, 3.05) is 13.1 Å². The minimum Gasteiger partial charge on any atom is -0.364 e. The number of piperidine rings is 1. The van der Waals surface area contributed by atoms with Crippen LogP contribution in [0.4, 0.5) is 0 Å². The highest BCUT2D eigenvalue weighted by molar-refractivity contribution is 5.94. The topological polar surface area (TPSA) is 45.7 Å². The molecule has 0 saturated carbocycles. The summed E-state index contributed by atoms with van der Waals surface area (Å²) in [6, 6.07) is 19.9. The number of epoxide rings is 1. The first-order chi connectivity index (χ1) is 14.7. The maximum atomic E-state index is 12.8. The van der Waals surface area contributed by atoms with E-state index in [1.54, 1.807) is 0 Å². The Balaban J connectivity index is 1.24. The number of benzene rings is 2. The van der Waals surface area contributed by atoms with Gasteiger partial charge < -0.3 is 9.64 Å². The van der Waals surface area contributed by atoms with Gasteiger partial charge in [0.2, 0.25) is 0 Å². The average molecular weight is 399 g/mol. The molecule has 4 unspecified atom stereocenters. The van der Waals surface area contributed by atoms with Crippen LogP contribution in [0, 0.1) is 11.8 Å². The summed E-state index contributed by atoms with van der Waals surface area (Å²) >= 11 is 0. The van der Waals surface area contributed by atoms with Crippen LogP contribution in [0.25, 0.3) is 10.9 Å². The molecule has 2 aromatic carbocycles. The average Bonchev–Trinajstić information content (AvgIpc) is 3.58. The summed E-state index contributed by atoms with van der Waals surface area (Å²) in [6.07, 6.45) is 6.27. The Bertz CT molecular complexity index is 1060. The second-order valence-corrected chi connectivity index (χ2v) is 8.31. The molecule has 2 aliphatic rings. The minimum absolute atomic E-state index is 0.115. The van der Waals surface area contributed by atoms with Gasteiger partial charge in [-0.2, -0.15) is 0 Å². The number of carbonyl (C=O) groups excluding carboxylic acids is 1. The quantitative estimate of drug-likeness (QED) is 0.447. The fourth-order valence-corrected chi connectivity index (χ4v) is 4.80. The molecule has 152 valence electrons. The third-order valence-electron chi connectivity index (χ3n) is 6.52. The Morgan fingerprint density at radius 3 is 2.77 bits per heavy atom. The van der Waals surface area contributed by atoms with Crippen LogP contribution in [0.3, 0.4) is 0 Å². The largest absolute Gasteiger partial charge is 0.364 e. The third-order valence-corrected chi connectivity index (χ3v) is 6.52. The molecular formula is C26H26N2O2. The van der Waals surface area contributed by atoms with Crippen LogP contribution < -0.4 is 0 Å². The number of para-hydroxylation sites is 1. The van der Waals surface area contributed by atoms with Gasteiger partial charge >= 0.3 is 0 Å². The van der Waals surface area contributed by atoms with Crippen molar-refractivity contribution in [1.29, 1.82) is 0 Å². The highest BCUT2D eigenvalue weighted by atomic mass is 16.6. The van der Waals surface area contributed by atoms with E-state index < -0.39 is 0 Å². The predicted octanol–water partition coefficient (Wildman–Crippen LogP) is 5.03. The van der Waals surface area contributed by atoms with Gasteiger partial charge in [0, 0.05) is 30.2 Å². The highest BCUT2D eigenvalue weighted by Crippen LogP contribution is 2.46. The van der Waals surface area contributed by atoms with Gasteiger partial charge in [-0.25, -0.2) is 0 Å². The Hall–Kier alpha value is -2.98. The first kappa shape index (κ1) is 19.0. The maximum Gasteiger partial charge on any atom is 0.253 e. The van der Waals surface area contributed by atoms with Gasteiger partial charge in [-0.1, -0.05) is 42.5 Å². The number of likely N-dealkylation sites (tertiary alicyclic amines) is 1. The van der Waals surface area contributed by atoms with E-state index in [1.807, 2.05) is 59.6 Å². The molecule has 0 N–H and O–H groups in total. The Labute approximate surface area is 177 Å². The highest BCUT2D eigenvalue weighted by Gasteiger charge is 2.44. The van der Waals surface area contributed by atoms with Crippen molar-refractivity contribution < 1.29 is 9.53 Å². The van der Waals surface area contributed by atoms with Crippen molar-refractivity contribution >= 4 is 16.8 Å². The van der Waals surface area contributed by atoms with Crippen molar-refractivity contribution in [1.82, 2.24) is 9.88 Å². The molecule has 5 rings (SSSR count).